The van der Waals surface area contributed by atoms with E-state index in [1.807, 2.05) is 0 Å². The Kier molecular flexibility index (Phi) is 3.23. The van der Waals surface area contributed by atoms with Crippen LogP contribution in [0.1, 0.15) is 45.4 Å². The Balaban J connectivity index is 1.75. The maximum atomic E-state index is 4.16. The van der Waals surface area contributed by atoms with Gasteiger partial charge in [-0.05, 0) is 36.3 Å². The van der Waals surface area contributed by atoms with Crippen LogP contribution in [0.15, 0.2) is 0 Å². The minimum Gasteiger partial charge on any atom is -0.307 e. The van der Waals surface area contributed by atoms with Crippen molar-refractivity contribution in [2.45, 2.75) is 52.1 Å². The molecule has 1 fully saturated rings. The molecule has 90 valence electrons. The normalized spacial score (nSPS) is 21.2. The number of hydrogen-bond acceptors (Lipinski definition) is 4. The Hall–Kier alpha value is -0.970. The summed E-state index contributed by atoms with van der Waals surface area (Å²) in [6, 6.07) is 0.622. The summed E-state index contributed by atoms with van der Waals surface area (Å²) in [6.07, 6.45) is 5.12. The zero-order chi connectivity index (χ0) is 11.6. The molecule has 1 aliphatic rings. The van der Waals surface area contributed by atoms with Gasteiger partial charge in [-0.15, -0.1) is 10.2 Å². The first-order chi connectivity index (χ1) is 7.55. The van der Waals surface area contributed by atoms with E-state index in [-0.39, 0.29) is 0 Å². The van der Waals surface area contributed by atoms with Gasteiger partial charge in [0.15, 0.2) is 5.82 Å². The van der Waals surface area contributed by atoms with Gasteiger partial charge in [-0.1, -0.05) is 13.8 Å². The third-order valence-corrected chi connectivity index (χ3v) is 3.44. The molecular weight excluding hydrogens is 202 g/mol. The average molecular weight is 223 g/mol. The maximum Gasteiger partial charge on any atom is 0.188 e. The Bertz CT molecular complexity index is 334. The maximum absolute atomic E-state index is 4.16. The second-order valence-corrected chi connectivity index (χ2v) is 5.51. The highest BCUT2D eigenvalue weighted by Crippen LogP contribution is 2.34. The average Bonchev–Trinajstić information content (AvgIpc) is 2.63. The Morgan fingerprint density at radius 2 is 2.06 bits per heavy atom. The quantitative estimate of drug-likeness (QED) is 0.838. The molecule has 1 heterocycles. The summed E-state index contributed by atoms with van der Waals surface area (Å²) in [5, 5.41) is 15.5. The Labute approximate surface area is 96.6 Å². The number of rotatable bonds is 3. The van der Waals surface area contributed by atoms with Crippen molar-refractivity contribution in [2.75, 3.05) is 0 Å². The largest absolute Gasteiger partial charge is 0.307 e. The van der Waals surface area contributed by atoms with Crippen LogP contribution in [0.4, 0.5) is 0 Å². The van der Waals surface area contributed by atoms with Gasteiger partial charge < -0.3 is 5.32 Å². The van der Waals surface area contributed by atoms with Crippen molar-refractivity contribution >= 4 is 0 Å². The van der Waals surface area contributed by atoms with Crippen LogP contribution in [0.25, 0.3) is 0 Å². The lowest BCUT2D eigenvalue weighted by Crippen LogP contribution is -2.35. The molecule has 5 nitrogen and oxygen atoms in total. The molecule has 16 heavy (non-hydrogen) atoms. The zero-order valence-electron chi connectivity index (χ0n) is 10.4. The Morgan fingerprint density at radius 1 is 1.38 bits per heavy atom. The lowest BCUT2D eigenvalue weighted by molar-refractivity contribution is 0.205. The predicted molar refractivity (Wildman–Crippen MR) is 61.7 cm³/mol. The first-order valence-electron chi connectivity index (χ1n) is 6.01. The van der Waals surface area contributed by atoms with E-state index in [9.17, 15) is 0 Å². The van der Waals surface area contributed by atoms with Crippen molar-refractivity contribution in [3.05, 3.63) is 5.82 Å². The molecule has 1 aromatic rings. The van der Waals surface area contributed by atoms with E-state index in [0.717, 1.165) is 12.4 Å². The molecule has 2 rings (SSSR count). The van der Waals surface area contributed by atoms with Gasteiger partial charge in [-0.2, -0.15) is 4.80 Å². The molecule has 0 radical (unpaired) electrons. The molecule has 0 unspecified atom stereocenters. The van der Waals surface area contributed by atoms with Crippen LogP contribution in [-0.2, 0) is 13.6 Å². The Morgan fingerprint density at radius 3 is 2.62 bits per heavy atom. The molecule has 1 N–H and O–H groups in total. The fraction of sp³-hybridized carbons (Fsp3) is 0.909. The molecule has 1 aromatic heterocycles. The van der Waals surface area contributed by atoms with Crippen molar-refractivity contribution in [1.29, 1.82) is 0 Å². The lowest BCUT2D eigenvalue weighted by Gasteiger charge is -2.34. The highest BCUT2D eigenvalue weighted by atomic mass is 15.6. The van der Waals surface area contributed by atoms with Crippen molar-refractivity contribution in [2.24, 2.45) is 12.5 Å². The summed E-state index contributed by atoms with van der Waals surface area (Å²) in [7, 11) is 1.79. The van der Waals surface area contributed by atoms with Gasteiger partial charge in [0.25, 0.3) is 0 Å². The number of nitrogens with zero attached hydrogens (tertiary/aromatic N) is 4. The summed E-state index contributed by atoms with van der Waals surface area (Å²) in [6.45, 7) is 5.44. The molecule has 0 aromatic carbocycles. The minimum atomic E-state index is 0.531. The molecule has 0 aliphatic heterocycles. The van der Waals surface area contributed by atoms with Gasteiger partial charge in [0.1, 0.15) is 0 Å². The van der Waals surface area contributed by atoms with Crippen LogP contribution in [0.3, 0.4) is 0 Å². The molecule has 0 spiro atoms. The third-order valence-electron chi connectivity index (χ3n) is 3.44. The van der Waals surface area contributed by atoms with E-state index in [4.69, 9.17) is 0 Å². The van der Waals surface area contributed by atoms with Crippen LogP contribution in [0.5, 0.6) is 0 Å². The van der Waals surface area contributed by atoms with Crippen molar-refractivity contribution in [3.63, 3.8) is 0 Å². The third kappa shape index (κ3) is 3.01. The van der Waals surface area contributed by atoms with Crippen molar-refractivity contribution < 1.29 is 0 Å². The first-order valence-corrected chi connectivity index (χ1v) is 6.01. The number of hydrogen-bond donors (Lipinski definition) is 1. The van der Waals surface area contributed by atoms with E-state index in [1.54, 1.807) is 7.05 Å². The van der Waals surface area contributed by atoms with Crippen LogP contribution in [-0.4, -0.2) is 26.2 Å². The van der Waals surface area contributed by atoms with Gasteiger partial charge in [0.05, 0.1) is 13.6 Å². The summed E-state index contributed by atoms with van der Waals surface area (Å²) in [5.41, 5.74) is 0.531. The lowest BCUT2D eigenvalue weighted by atomic mass is 9.75. The van der Waals surface area contributed by atoms with Crippen LogP contribution < -0.4 is 5.32 Å². The summed E-state index contributed by atoms with van der Waals surface area (Å²) >= 11 is 0. The zero-order valence-corrected chi connectivity index (χ0v) is 10.4. The SMILES string of the molecule is Cn1nnc(CNC2CCC(C)(C)CC2)n1. The second-order valence-electron chi connectivity index (χ2n) is 5.51. The summed E-state index contributed by atoms with van der Waals surface area (Å²) < 4.78 is 0. The number of aryl methyl sites for hydroxylation is 1. The van der Waals surface area contributed by atoms with E-state index in [1.165, 1.54) is 30.5 Å². The van der Waals surface area contributed by atoms with E-state index in [2.05, 4.69) is 34.6 Å². The molecule has 5 heteroatoms. The molecule has 0 bridgehead atoms. The van der Waals surface area contributed by atoms with Crippen LogP contribution in [0, 0.1) is 5.41 Å². The highest BCUT2D eigenvalue weighted by molar-refractivity contribution is 4.84. The summed E-state index contributed by atoms with van der Waals surface area (Å²) in [5.74, 6) is 0.785. The van der Waals surface area contributed by atoms with E-state index in [0.29, 0.717) is 11.5 Å². The number of aromatic nitrogens is 4. The minimum absolute atomic E-state index is 0.531. The molecule has 0 amide bonds. The van der Waals surface area contributed by atoms with Gasteiger partial charge in [-0.3, -0.25) is 0 Å². The molecule has 0 atom stereocenters. The fourth-order valence-corrected chi connectivity index (χ4v) is 2.23. The van der Waals surface area contributed by atoms with Crippen LogP contribution >= 0.6 is 0 Å². The van der Waals surface area contributed by atoms with Crippen molar-refractivity contribution in [1.82, 2.24) is 25.5 Å². The van der Waals surface area contributed by atoms with Gasteiger partial charge >= 0.3 is 0 Å². The number of nitrogens with one attached hydrogen (secondary N) is 1. The molecule has 1 saturated carbocycles. The molecule has 0 saturated heterocycles. The predicted octanol–water partition coefficient (Wildman–Crippen LogP) is 1.27. The summed E-state index contributed by atoms with van der Waals surface area (Å²) in [4.78, 5) is 1.50. The van der Waals surface area contributed by atoms with Gasteiger partial charge in [0, 0.05) is 6.04 Å². The van der Waals surface area contributed by atoms with E-state index < -0.39 is 0 Å². The molecule has 1 aliphatic carbocycles. The van der Waals surface area contributed by atoms with Gasteiger partial charge in [-0.25, -0.2) is 0 Å². The number of tetrazole rings is 1. The van der Waals surface area contributed by atoms with Crippen molar-refractivity contribution in [3.8, 4) is 0 Å². The smallest absolute Gasteiger partial charge is 0.188 e. The standard InChI is InChI=1S/C11H21N5/c1-11(2)6-4-9(5-7-11)12-8-10-13-15-16(3)14-10/h9,12H,4-8H2,1-3H3. The second kappa shape index (κ2) is 4.49. The van der Waals surface area contributed by atoms with Crippen LogP contribution in [0.2, 0.25) is 0 Å². The van der Waals surface area contributed by atoms with E-state index >= 15 is 0 Å². The monoisotopic (exact) mass is 223 g/mol. The fourth-order valence-electron chi connectivity index (χ4n) is 2.23. The topological polar surface area (TPSA) is 55.6 Å². The molecular formula is C11H21N5. The van der Waals surface area contributed by atoms with Gasteiger partial charge in [0.2, 0.25) is 0 Å². The highest BCUT2D eigenvalue weighted by Gasteiger charge is 2.26. The first kappa shape index (κ1) is 11.5.